The molecule has 0 aliphatic heterocycles. The molecule has 3 aromatic rings. The van der Waals surface area contributed by atoms with E-state index >= 15 is 0 Å². The van der Waals surface area contributed by atoms with Crippen LogP contribution in [0.2, 0.25) is 0 Å². The van der Waals surface area contributed by atoms with Crippen LogP contribution >= 0.6 is 0 Å². The Morgan fingerprint density at radius 1 is 0.727 bits per heavy atom. The van der Waals surface area contributed by atoms with E-state index < -0.39 is 0 Å². The SMILES string of the molecule is Cc1cccc(-c2cccc(-c3ccc(O[B]O)cc3)c2)c1. The summed E-state index contributed by atoms with van der Waals surface area (Å²) in [5.74, 6) is 0.612. The summed E-state index contributed by atoms with van der Waals surface area (Å²) in [6.45, 7) is 2.10. The van der Waals surface area contributed by atoms with E-state index in [2.05, 4.69) is 55.5 Å². The largest absolute Gasteiger partial charge is 0.569 e. The van der Waals surface area contributed by atoms with E-state index in [9.17, 15) is 0 Å². The highest BCUT2D eigenvalue weighted by atomic mass is 16.5. The summed E-state index contributed by atoms with van der Waals surface area (Å²) >= 11 is 0. The van der Waals surface area contributed by atoms with Crippen LogP contribution in [0.25, 0.3) is 22.3 Å². The second-order valence-electron chi connectivity index (χ2n) is 5.20. The van der Waals surface area contributed by atoms with Gasteiger partial charge in [-0.3, -0.25) is 0 Å². The Balaban J connectivity index is 1.94. The maximum Gasteiger partial charge on any atom is 0.569 e. The standard InChI is InChI=1S/C19H16BO2/c1-14-4-2-5-16(12-14)18-7-3-6-17(13-18)15-8-10-19(11-9-15)22-20-21/h2-13,21H,1H3. The van der Waals surface area contributed by atoms with Crippen LogP contribution in [0, 0.1) is 6.92 Å². The minimum Gasteiger partial charge on any atom is -0.537 e. The van der Waals surface area contributed by atoms with Crippen molar-refractivity contribution in [3.63, 3.8) is 0 Å². The average Bonchev–Trinajstić information content (AvgIpc) is 2.56. The summed E-state index contributed by atoms with van der Waals surface area (Å²) in [7, 11) is 0.688. The predicted molar refractivity (Wildman–Crippen MR) is 90.7 cm³/mol. The van der Waals surface area contributed by atoms with Gasteiger partial charge in [-0.05, 0) is 47.4 Å². The molecule has 3 rings (SSSR count). The van der Waals surface area contributed by atoms with Crippen molar-refractivity contribution in [3.05, 3.63) is 78.4 Å². The van der Waals surface area contributed by atoms with Gasteiger partial charge in [-0.1, -0.05) is 60.2 Å². The van der Waals surface area contributed by atoms with Gasteiger partial charge in [0.1, 0.15) is 5.75 Å². The number of benzene rings is 3. The monoisotopic (exact) mass is 287 g/mol. The first-order valence-electron chi connectivity index (χ1n) is 7.16. The van der Waals surface area contributed by atoms with E-state index in [0.717, 1.165) is 11.1 Å². The van der Waals surface area contributed by atoms with E-state index in [4.69, 9.17) is 9.68 Å². The van der Waals surface area contributed by atoms with Gasteiger partial charge in [-0.2, -0.15) is 0 Å². The van der Waals surface area contributed by atoms with Gasteiger partial charge in [-0.15, -0.1) is 0 Å². The number of aryl methyl sites for hydroxylation is 1. The Morgan fingerprint density at radius 2 is 1.32 bits per heavy atom. The van der Waals surface area contributed by atoms with Gasteiger partial charge < -0.3 is 9.68 Å². The Labute approximate surface area is 131 Å². The van der Waals surface area contributed by atoms with Crippen LogP contribution in [0.15, 0.2) is 72.8 Å². The van der Waals surface area contributed by atoms with Crippen LogP contribution in [0.4, 0.5) is 0 Å². The lowest BCUT2D eigenvalue weighted by molar-refractivity contribution is 0.454. The van der Waals surface area contributed by atoms with Gasteiger partial charge in [0, 0.05) is 0 Å². The molecule has 0 bridgehead atoms. The van der Waals surface area contributed by atoms with Crippen LogP contribution in [0.5, 0.6) is 5.75 Å². The van der Waals surface area contributed by atoms with Gasteiger partial charge in [0.25, 0.3) is 0 Å². The van der Waals surface area contributed by atoms with Gasteiger partial charge in [0.05, 0.1) is 0 Å². The number of hydrogen-bond donors (Lipinski definition) is 1. The molecule has 1 radical (unpaired) electrons. The number of rotatable bonds is 4. The van der Waals surface area contributed by atoms with Crippen molar-refractivity contribution in [3.8, 4) is 28.0 Å². The molecular formula is C19H16BO2. The highest BCUT2D eigenvalue weighted by Crippen LogP contribution is 2.28. The van der Waals surface area contributed by atoms with Crippen molar-refractivity contribution in [2.24, 2.45) is 0 Å². The minimum absolute atomic E-state index is 0.612. The predicted octanol–water partition coefficient (Wildman–Crippen LogP) is 4.23. The third kappa shape index (κ3) is 3.21. The zero-order valence-electron chi connectivity index (χ0n) is 12.4. The molecule has 107 valence electrons. The molecule has 3 heteroatoms. The number of hydrogen-bond acceptors (Lipinski definition) is 2. The van der Waals surface area contributed by atoms with Crippen LogP contribution in [-0.4, -0.2) is 12.7 Å². The molecule has 0 spiro atoms. The molecule has 2 nitrogen and oxygen atoms in total. The molecule has 0 unspecified atom stereocenters. The summed E-state index contributed by atoms with van der Waals surface area (Å²) in [5, 5.41) is 8.64. The molecule has 0 saturated carbocycles. The third-order valence-electron chi connectivity index (χ3n) is 3.59. The second kappa shape index (κ2) is 6.50. The molecule has 22 heavy (non-hydrogen) atoms. The molecule has 0 heterocycles. The van der Waals surface area contributed by atoms with Crippen LogP contribution in [0.3, 0.4) is 0 Å². The topological polar surface area (TPSA) is 29.5 Å². The maximum absolute atomic E-state index is 8.64. The molecule has 0 fully saturated rings. The Hall–Kier alpha value is -2.52. The van der Waals surface area contributed by atoms with Gasteiger partial charge in [-0.25, -0.2) is 0 Å². The molecule has 0 aromatic heterocycles. The fraction of sp³-hybridized carbons (Fsp3) is 0.0526. The van der Waals surface area contributed by atoms with Crippen molar-refractivity contribution in [1.29, 1.82) is 0 Å². The molecule has 0 amide bonds. The van der Waals surface area contributed by atoms with Gasteiger partial charge in [0.15, 0.2) is 0 Å². The summed E-state index contributed by atoms with van der Waals surface area (Å²) < 4.78 is 4.93. The minimum atomic E-state index is 0.612. The Morgan fingerprint density at radius 3 is 1.95 bits per heavy atom. The lowest BCUT2D eigenvalue weighted by Crippen LogP contribution is -1.99. The summed E-state index contributed by atoms with van der Waals surface area (Å²) in [5.41, 5.74) is 5.94. The first kappa shape index (κ1) is 14.4. The first-order valence-corrected chi connectivity index (χ1v) is 7.16. The molecule has 0 saturated heterocycles. The molecule has 0 aliphatic carbocycles. The van der Waals surface area contributed by atoms with E-state index in [1.807, 2.05) is 24.3 Å². The second-order valence-corrected chi connectivity index (χ2v) is 5.20. The molecular weight excluding hydrogens is 271 g/mol. The quantitative estimate of drug-likeness (QED) is 0.727. The van der Waals surface area contributed by atoms with Gasteiger partial charge in [0.2, 0.25) is 0 Å². The molecule has 0 aliphatic rings. The van der Waals surface area contributed by atoms with Gasteiger partial charge >= 0.3 is 7.69 Å². The van der Waals surface area contributed by atoms with Crippen LogP contribution in [-0.2, 0) is 0 Å². The van der Waals surface area contributed by atoms with Crippen molar-refractivity contribution in [2.75, 3.05) is 0 Å². The molecule has 0 atom stereocenters. The fourth-order valence-corrected chi connectivity index (χ4v) is 2.49. The van der Waals surface area contributed by atoms with Crippen molar-refractivity contribution < 1.29 is 9.68 Å². The van der Waals surface area contributed by atoms with E-state index in [-0.39, 0.29) is 0 Å². The van der Waals surface area contributed by atoms with Crippen LogP contribution < -0.4 is 4.65 Å². The van der Waals surface area contributed by atoms with E-state index in [1.54, 1.807) is 0 Å². The normalized spacial score (nSPS) is 10.3. The Bertz CT molecular complexity index is 766. The van der Waals surface area contributed by atoms with Crippen molar-refractivity contribution in [1.82, 2.24) is 0 Å². The maximum atomic E-state index is 8.64. The summed E-state index contributed by atoms with van der Waals surface area (Å²) in [4.78, 5) is 0. The molecule has 1 N–H and O–H groups in total. The van der Waals surface area contributed by atoms with E-state index in [0.29, 0.717) is 13.4 Å². The summed E-state index contributed by atoms with van der Waals surface area (Å²) in [6, 6.07) is 24.6. The lowest BCUT2D eigenvalue weighted by Gasteiger charge is -2.08. The van der Waals surface area contributed by atoms with Crippen molar-refractivity contribution >= 4 is 7.69 Å². The highest BCUT2D eigenvalue weighted by Gasteiger charge is 2.03. The van der Waals surface area contributed by atoms with Crippen molar-refractivity contribution in [2.45, 2.75) is 6.92 Å². The highest BCUT2D eigenvalue weighted by molar-refractivity contribution is 6.17. The summed E-state index contributed by atoms with van der Waals surface area (Å²) in [6.07, 6.45) is 0. The Kier molecular flexibility index (Phi) is 4.26. The zero-order valence-corrected chi connectivity index (χ0v) is 12.4. The first-order chi connectivity index (χ1) is 10.8. The molecule has 3 aromatic carbocycles. The fourth-order valence-electron chi connectivity index (χ4n) is 2.49. The third-order valence-corrected chi connectivity index (χ3v) is 3.59. The van der Waals surface area contributed by atoms with E-state index in [1.165, 1.54) is 16.7 Å². The average molecular weight is 287 g/mol. The zero-order chi connectivity index (χ0) is 15.4. The lowest BCUT2D eigenvalue weighted by atomic mass is 9.98. The smallest absolute Gasteiger partial charge is 0.537 e. The van der Waals surface area contributed by atoms with Crippen LogP contribution in [0.1, 0.15) is 5.56 Å².